The molecule has 1 saturated carbocycles. The third-order valence-electron chi connectivity index (χ3n) is 1.97. The second-order valence-electron chi connectivity index (χ2n) is 2.78. The molecule has 1 aliphatic rings. The quantitative estimate of drug-likeness (QED) is 0.492. The van der Waals surface area contributed by atoms with Crippen molar-refractivity contribution in [1.29, 1.82) is 0 Å². The van der Waals surface area contributed by atoms with Crippen LogP contribution in [0.5, 0.6) is 0 Å². The molecule has 0 aliphatic heterocycles. The molecule has 0 heterocycles. The molecule has 0 saturated heterocycles. The lowest BCUT2D eigenvalue weighted by Crippen LogP contribution is -1.80. The Morgan fingerprint density at radius 2 is 1.40 bits per heavy atom. The van der Waals surface area contributed by atoms with Crippen LogP contribution in [0.3, 0.4) is 0 Å². The van der Waals surface area contributed by atoms with E-state index < -0.39 is 0 Å². The lowest BCUT2D eigenvalue weighted by molar-refractivity contribution is 0.702. The minimum atomic E-state index is 0.516. The van der Waals surface area contributed by atoms with Crippen LogP contribution in [0, 0.1) is 0 Å². The smallest absolute Gasteiger partial charge is 0.0709 e. The van der Waals surface area contributed by atoms with Crippen LogP contribution in [0.4, 0.5) is 0 Å². The molecule has 58 valence electrons. The average Bonchev–Trinajstić information content (AvgIpc) is 2.12. The van der Waals surface area contributed by atoms with E-state index in [0.29, 0.717) is 4.49 Å². The van der Waals surface area contributed by atoms with Crippen molar-refractivity contribution in [2.45, 2.75) is 38.5 Å². The van der Waals surface area contributed by atoms with Crippen molar-refractivity contribution < 1.29 is 0 Å². The molecule has 1 fully saturated rings. The minimum Gasteiger partial charge on any atom is -0.0709 e. The second kappa shape index (κ2) is 4.25. The Balaban J connectivity index is 2.51. The fourth-order valence-corrected chi connectivity index (χ4v) is 1.72. The predicted octanol–water partition coefficient (Wildman–Crippen LogP) is 4.03. The molecule has 0 unspecified atom stereocenters. The van der Waals surface area contributed by atoms with Gasteiger partial charge in [-0.25, -0.2) is 0 Å². The molecule has 0 aromatic carbocycles. The number of hydrogen-bond donors (Lipinski definition) is 0. The van der Waals surface area contributed by atoms with Crippen LogP contribution in [0.25, 0.3) is 0 Å². The summed E-state index contributed by atoms with van der Waals surface area (Å²) in [4.78, 5) is 0. The van der Waals surface area contributed by atoms with Crippen molar-refractivity contribution in [3.8, 4) is 0 Å². The summed E-state index contributed by atoms with van der Waals surface area (Å²) in [6.45, 7) is 0. The van der Waals surface area contributed by atoms with E-state index >= 15 is 0 Å². The number of rotatable bonds is 0. The highest BCUT2D eigenvalue weighted by molar-refractivity contribution is 6.56. The SMILES string of the molecule is ClC(Cl)=C1CCCCCC1. The molecule has 0 aromatic heterocycles. The lowest BCUT2D eigenvalue weighted by Gasteiger charge is -2.00. The molecule has 0 spiro atoms. The van der Waals surface area contributed by atoms with E-state index in [1.165, 1.54) is 31.3 Å². The summed E-state index contributed by atoms with van der Waals surface area (Å²) in [5, 5.41) is 0. The van der Waals surface area contributed by atoms with Crippen LogP contribution in [0.1, 0.15) is 38.5 Å². The Kier molecular flexibility index (Phi) is 3.58. The Hall–Kier alpha value is 0.320. The lowest BCUT2D eigenvalue weighted by atomic mass is 10.1. The van der Waals surface area contributed by atoms with Crippen LogP contribution < -0.4 is 0 Å². The zero-order valence-electron chi connectivity index (χ0n) is 6.00. The van der Waals surface area contributed by atoms with Crippen LogP contribution in [-0.4, -0.2) is 0 Å². The van der Waals surface area contributed by atoms with Gasteiger partial charge >= 0.3 is 0 Å². The van der Waals surface area contributed by atoms with E-state index in [-0.39, 0.29) is 0 Å². The summed E-state index contributed by atoms with van der Waals surface area (Å²) in [7, 11) is 0. The second-order valence-corrected chi connectivity index (χ2v) is 3.73. The Bertz CT molecular complexity index is 124. The molecular formula is C8H12Cl2. The molecule has 0 N–H and O–H groups in total. The highest BCUT2D eigenvalue weighted by Gasteiger charge is 2.06. The summed E-state index contributed by atoms with van der Waals surface area (Å²) >= 11 is 11.3. The van der Waals surface area contributed by atoms with Gasteiger partial charge in [-0.05, 0) is 31.3 Å². The summed E-state index contributed by atoms with van der Waals surface area (Å²) in [5.74, 6) is 0. The van der Waals surface area contributed by atoms with Gasteiger partial charge in [0.05, 0.1) is 0 Å². The highest BCUT2D eigenvalue weighted by Crippen LogP contribution is 2.27. The van der Waals surface area contributed by atoms with E-state index in [1.807, 2.05) is 0 Å². The molecule has 1 aliphatic carbocycles. The largest absolute Gasteiger partial charge is 0.106 e. The van der Waals surface area contributed by atoms with E-state index in [0.717, 1.165) is 12.8 Å². The molecule has 0 amide bonds. The fraction of sp³-hybridized carbons (Fsp3) is 0.750. The maximum absolute atomic E-state index is 5.67. The first-order chi connectivity index (χ1) is 4.80. The zero-order chi connectivity index (χ0) is 7.40. The van der Waals surface area contributed by atoms with Crippen LogP contribution in [-0.2, 0) is 0 Å². The highest BCUT2D eigenvalue weighted by atomic mass is 35.5. The third-order valence-corrected chi connectivity index (χ3v) is 2.51. The van der Waals surface area contributed by atoms with E-state index in [1.54, 1.807) is 0 Å². The van der Waals surface area contributed by atoms with Crippen LogP contribution >= 0.6 is 23.2 Å². The monoisotopic (exact) mass is 178 g/mol. The standard InChI is InChI=1S/C8H12Cl2/c9-8(10)7-5-3-1-2-4-6-7/h1-6H2. The first-order valence-electron chi connectivity index (χ1n) is 3.84. The molecule has 1 rings (SSSR count). The molecule has 0 aromatic rings. The predicted molar refractivity (Wildman–Crippen MR) is 46.4 cm³/mol. The van der Waals surface area contributed by atoms with Gasteiger partial charge in [0, 0.05) is 0 Å². The number of hydrogen-bond acceptors (Lipinski definition) is 0. The summed E-state index contributed by atoms with van der Waals surface area (Å²) < 4.78 is 0.516. The van der Waals surface area contributed by atoms with Gasteiger partial charge in [0.2, 0.25) is 0 Å². The molecule has 0 bridgehead atoms. The van der Waals surface area contributed by atoms with Gasteiger partial charge in [0.1, 0.15) is 4.49 Å². The van der Waals surface area contributed by atoms with Gasteiger partial charge in [-0.3, -0.25) is 0 Å². The Labute approximate surface area is 72.2 Å². The van der Waals surface area contributed by atoms with Crippen molar-refractivity contribution in [3.63, 3.8) is 0 Å². The number of allylic oxidation sites excluding steroid dienone is 1. The average molecular weight is 179 g/mol. The fourth-order valence-electron chi connectivity index (χ4n) is 1.34. The van der Waals surface area contributed by atoms with Gasteiger partial charge < -0.3 is 0 Å². The summed E-state index contributed by atoms with van der Waals surface area (Å²) in [6.07, 6.45) is 7.43. The maximum Gasteiger partial charge on any atom is 0.106 e. The summed E-state index contributed by atoms with van der Waals surface area (Å²) in [6, 6.07) is 0. The van der Waals surface area contributed by atoms with Gasteiger partial charge in [-0.15, -0.1) is 0 Å². The van der Waals surface area contributed by atoms with Gasteiger partial charge in [-0.1, -0.05) is 36.0 Å². The van der Waals surface area contributed by atoms with Gasteiger partial charge in [0.25, 0.3) is 0 Å². The van der Waals surface area contributed by atoms with E-state index in [9.17, 15) is 0 Å². The van der Waals surface area contributed by atoms with Crippen molar-refractivity contribution in [2.75, 3.05) is 0 Å². The minimum absolute atomic E-state index is 0.516. The number of halogens is 2. The maximum atomic E-state index is 5.67. The van der Waals surface area contributed by atoms with Gasteiger partial charge in [-0.2, -0.15) is 0 Å². The zero-order valence-corrected chi connectivity index (χ0v) is 7.51. The Morgan fingerprint density at radius 1 is 0.900 bits per heavy atom. The third kappa shape index (κ3) is 2.51. The van der Waals surface area contributed by atoms with Crippen LogP contribution in [0.15, 0.2) is 10.1 Å². The molecule has 0 nitrogen and oxygen atoms in total. The molecule has 2 heteroatoms. The molecule has 10 heavy (non-hydrogen) atoms. The van der Waals surface area contributed by atoms with Crippen molar-refractivity contribution >= 4 is 23.2 Å². The molecular weight excluding hydrogens is 167 g/mol. The topological polar surface area (TPSA) is 0 Å². The van der Waals surface area contributed by atoms with Crippen molar-refractivity contribution in [2.24, 2.45) is 0 Å². The summed E-state index contributed by atoms with van der Waals surface area (Å²) in [5.41, 5.74) is 1.26. The van der Waals surface area contributed by atoms with Crippen LogP contribution in [0.2, 0.25) is 0 Å². The first-order valence-corrected chi connectivity index (χ1v) is 4.59. The molecule has 0 radical (unpaired) electrons. The Morgan fingerprint density at radius 3 is 1.80 bits per heavy atom. The van der Waals surface area contributed by atoms with Gasteiger partial charge in [0.15, 0.2) is 0 Å². The van der Waals surface area contributed by atoms with Crippen molar-refractivity contribution in [3.05, 3.63) is 10.1 Å². The van der Waals surface area contributed by atoms with E-state index in [2.05, 4.69) is 0 Å². The molecule has 0 atom stereocenters. The first kappa shape index (κ1) is 8.42. The van der Waals surface area contributed by atoms with E-state index in [4.69, 9.17) is 23.2 Å². The van der Waals surface area contributed by atoms with Crippen molar-refractivity contribution in [1.82, 2.24) is 0 Å². The normalized spacial score (nSPS) is 20.4.